The number of nitrogens with one attached hydrogen (secondary N) is 2. The van der Waals surface area contributed by atoms with Gasteiger partial charge in [0.25, 0.3) is 11.8 Å². The number of halogens is 3. The summed E-state index contributed by atoms with van der Waals surface area (Å²) in [5, 5.41) is 13.9. The average Bonchev–Trinajstić information content (AvgIpc) is 4.06. The highest BCUT2D eigenvalue weighted by atomic mass is 19.4. The normalized spacial score (nSPS) is 16.1. The predicted molar refractivity (Wildman–Crippen MR) is 274 cm³/mol. The Morgan fingerprint density at radius 1 is 0.853 bits per heavy atom. The fourth-order valence-electron chi connectivity index (χ4n) is 10.0. The monoisotopic (exact) mass is 1040 g/mol. The lowest BCUT2D eigenvalue weighted by molar-refractivity contribution is -0.136. The number of imide groups is 1. The van der Waals surface area contributed by atoms with Gasteiger partial charge in [0.05, 0.1) is 73.1 Å². The van der Waals surface area contributed by atoms with Gasteiger partial charge in [-0.3, -0.25) is 33.2 Å². The standard InChI is InChI=1S/C53H59F3N8O7.C2H5NO/c1-3-7-41(31-65)64-50(66)43-12-6-13-45(48(43)51(64)67)57-20-23-69-32-35-14-16-36(17-15-35)33-70-24-25-71-42-18-21-61(22-19-42)28-37-26-44(53(54,55)56)46-30-62(52(68)63(46)29-37)40-11-5-10-39(27-40)47(38-8-4-9-38)49-59-58-34-60(49)2;1-3-2-4/h5-6,10-17,26-27,29-31,34,38,41-42,47,57H,3-4,7-9,18-25,28,32-33H2,1-2H3;2H,1H3,(H,3,4). The molecule has 1 aliphatic carbocycles. The summed E-state index contributed by atoms with van der Waals surface area (Å²) in [6.07, 6.45) is 6.82. The summed E-state index contributed by atoms with van der Waals surface area (Å²) < 4.78 is 66.1. The van der Waals surface area contributed by atoms with Crippen LogP contribution in [0.4, 0.5) is 18.9 Å². The van der Waals surface area contributed by atoms with Crippen molar-refractivity contribution in [1.29, 1.82) is 0 Å². The number of hydrogen-bond donors (Lipinski definition) is 2. The highest BCUT2D eigenvalue weighted by Gasteiger charge is 2.41. The first kappa shape index (κ1) is 54.3. The molecule has 2 unspecified atom stereocenters. The zero-order valence-electron chi connectivity index (χ0n) is 42.5. The van der Waals surface area contributed by atoms with Gasteiger partial charge in [0, 0.05) is 64.3 Å². The number of likely N-dealkylation sites (tertiary alicyclic amines) is 1. The van der Waals surface area contributed by atoms with E-state index in [0.717, 1.165) is 51.1 Å². The number of imidazole rings is 1. The van der Waals surface area contributed by atoms with Crippen molar-refractivity contribution in [2.45, 2.75) is 95.9 Å². The third-order valence-electron chi connectivity index (χ3n) is 14.1. The maximum Gasteiger partial charge on any atom is 0.418 e. The van der Waals surface area contributed by atoms with E-state index in [-0.39, 0.29) is 35.2 Å². The Hall–Kier alpha value is -7.00. The van der Waals surface area contributed by atoms with E-state index in [1.807, 2.05) is 61.0 Å². The molecule has 1 saturated carbocycles. The summed E-state index contributed by atoms with van der Waals surface area (Å²) in [5.41, 5.74) is 3.31. The molecule has 9 rings (SSSR count). The maximum absolute atomic E-state index is 14.6. The van der Waals surface area contributed by atoms with Crippen LogP contribution in [-0.4, -0.2) is 117 Å². The molecule has 0 spiro atoms. The van der Waals surface area contributed by atoms with Crippen molar-refractivity contribution in [2.24, 2.45) is 13.0 Å². The van der Waals surface area contributed by atoms with Crippen molar-refractivity contribution in [3.05, 3.63) is 147 Å². The topological polar surface area (TPSA) is 184 Å². The van der Waals surface area contributed by atoms with Crippen molar-refractivity contribution in [3.8, 4) is 5.69 Å². The van der Waals surface area contributed by atoms with E-state index >= 15 is 0 Å². The summed E-state index contributed by atoms with van der Waals surface area (Å²) in [6.45, 7) is 5.79. The molecule has 2 N–H and O–H groups in total. The molecule has 6 aromatic rings. The van der Waals surface area contributed by atoms with Crippen LogP contribution in [0, 0.1) is 5.92 Å². The van der Waals surface area contributed by atoms with Gasteiger partial charge in [-0.25, -0.2) is 4.79 Å². The number of pyridine rings is 1. The molecule has 0 radical (unpaired) electrons. The van der Waals surface area contributed by atoms with Crippen molar-refractivity contribution in [1.82, 2.24) is 38.8 Å². The third kappa shape index (κ3) is 12.8. The van der Waals surface area contributed by atoms with Gasteiger partial charge in [0.2, 0.25) is 6.41 Å². The van der Waals surface area contributed by atoms with Crippen LogP contribution < -0.4 is 16.3 Å². The Morgan fingerprint density at radius 2 is 1.56 bits per heavy atom. The molecule has 3 aromatic carbocycles. The molecule has 2 aliphatic heterocycles. The summed E-state index contributed by atoms with van der Waals surface area (Å²) in [4.78, 5) is 64.0. The van der Waals surface area contributed by atoms with Gasteiger partial charge in [0.15, 0.2) is 0 Å². The highest BCUT2D eigenvalue weighted by molar-refractivity contribution is 6.24. The van der Waals surface area contributed by atoms with E-state index in [9.17, 15) is 32.3 Å². The van der Waals surface area contributed by atoms with Gasteiger partial charge in [0.1, 0.15) is 18.4 Å². The first-order chi connectivity index (χ1) is 36.3. The number of benzene rings is 3. The molecule has 398 valence electrons. The first-order valence-electron chi connectivity index (χ1n) is 25.5. The summed E-state index contributed by atoms with van der Waals surface area (Å²) in [7, 11) is 3.46. The predicted octanol–water partition coefficient (Wildman–Crippen LogP) is 7.32. The minimum Gasteiger partial charge on any atom is -0.382 e. The van der Waals surface area contributed by atoms with Crippen LogP contribution >= 0.6 is 0 Å². The minimum absolute atomic E-state index is 0.000189. The van der Waals surface area contributed by atoms with E-state index in [1.165, 1.54) is 23.0 Å². The SMILES string of the molecule is CCCC(C=O)N1C(=O)c2cccc(NCCOCc3ccc(COCCOC4CCN(Cc5cc(C(F)(F)F)c6cn(-c7cccc(C(c8nncn8C)C8CCC8)c7)c(=O)n6c5)CC4)cc3)c2C1=O.CNC=O. The molecular formula is C55H64F3N9O8. The Bertz CT molecular complexity index is 2980. The van der Waals surface area contributed by atoms with Crippen LogP contribution in [0.3, 0.4) is 0 Å². The summed E-state index contributed by atoms with van der Waals surface area (Å²) >= 11 is 0. The number of piperidine rings is 1. The zero-order valence-corrected chi connectivity index (χ0v) is 42.5. The van der Waals surface area contributed by atoms with Crippen molar-refractivity contribution in [2.75, 3.05) is 51.8 Å². The number of nitrogens with zero attached hydrogens (tertiary/aromatic N) is 7. The quantitative estimate of drug-likeness (QED) is 0.0371. The Labute approximate surface area is 433 Å². The first-order valence-corrected chi connectivity index (χ1v) is 25.5. The molecule has 0 bridgehead atoms. The second-order valence-electron chi connectivity index (χ2n) is 19.2. The van der Waals surface area contributed by atoms with E-state index in [0.29, 0.717) is 114 Å². The molecule has 5 heterocycles. The number of alkyl halides is 3. The van der Waals surface area contributed by atoms with Crippen LogP contribution in [0.1, 0.15) is 112 Å². The number of aryl methyl sites for hydroxylation is 1. The van der Waals surface area contributed by atoms with E-state index in [1.54, 1.807) is 37.6 Å². The molecule has 2 fully saturated rings. The molecule has 3 aliphatic rings. The smallest absolute Gasteiger partial charge is 0.382 e. The fraction of sp³-hybridized carbons (Fsp3) is 0.436. The number of carbonyl (C=O) groups excluding carboxylic acids is 4. The van der Waals surface area contributed by atoms with Gasteiger partial charge in [-0.05, 0) is 90.6 Å². The number of hydrogen-bond acceptors (Lipinski definition) is 12. The van der Waals surface area contributed by atoms with E-state index in [2.05, 4.69) is 25.7 Å². The Morgan fingerprint density at radius 3 is 2.19 bits per heavy atom. The van der Waals surface area contributed by atoms with Gasteiger partial charge >= 0.3 is 11.9 Å². The second-order valence-corrected chi connectivity index (χ2v) is 19.2. The average molecular weight is 1040 g/mol. The van der Waals surface area contributed by atoms with Gasteiger partial charge < -0.3 is 34.2 Å². The lowest BCUT2D eigenvalue weighted by Crippen LogP contribution is -2.40. The van der Waals surface area contributed by atoms with Crippen LogP contribution in [0.2, 0.25) is 0 Å². The molecule has 3 aromatic heterocycles. The largest absolute Gasteiger partial charge is 0.418 e. The Kier molecular flexibility index (Phi) is 18.1. The lowest BCUT2D eigenvalue weighted by atomic mass is 9.72. The number of ether oxygens (including phenoxy) is 3. The number of anilines is 1. The third-order valence-corrected chi connectivity index (χ3v) is 14.1. The highest BCUT2D eigenvalue weighted by Crippen LogP contribution is 2.43. The van der Waals surface area contributed by atoms with Gasteiger partial charge in [-0.2, -0.15) is 13.2 Å². The van der Waals surface area contributed by atoms with Gasteiger partial charge in [-0.1, -0.05) is 62.2 Å². The molecule has 1 saturated heterocycles. The number of rotatable bonds is 23. The molecule has 3 amide bonds. The fourth-order valence-corrected chi connectivity index (χ4v) is 10.0. The van der Waals surface area contributed by atoms with E-state index in [4.69, 9.17) is 19.0 Å². The van der Waals surface area contributed by atoms with Crippen LogP contribution in [-0.2, 0) is 56.8 Å². The minimum atomic E-state index is -4.67. The lowest BCUT2D eigenvalue weighted by Gasteiger charge is -2.33. The van der Waals surface area contributed by atoms with Crippen molar-refractivity contribution >= 4 is 35.7 Å². The second kappa shape index (κ2) is 25.0. The summed E-state index contributed by atoms with van der Waals surface area (Å²) in [5.74, 6) is 0.219. The number of aromatic nitrogens is 5. The molecule has 20 heteroatoms. The number of fused-ring (bicyclic) bond motifs is 2. The Balaban J connectivity index is 0.00000180. The maximum atomic E-state index is 14.6. The van der Waals surface area contributed by atoms with E-state index < -0.39 is 35.3 Å². The van der Waals surface area contributed by atoms with Crippen LogP contribution in [0.15, 0.2) is 96.3 Å². The van der Waals surface area contributed by atoms with Crippen LogP contribution in [0.5, 0.6) is 0 Å². The molecular weight excluding hydrogens is 972 g/mol. The number of carbonyl (C=O) groups is 4. The molecule has 75 heavy (non-hydrogen) atoms. The summed E-state index contributed by atoms with van der Waals surface area (Å²) in [6, 6.07) is 20.8. The zero-order chi connectivity index (χ0) is 53.1. The van der Waals surface area contributed by atoms with Crippen molar-refractivity contribution in [3.63, 3.8) is 0 Å². The van der Waals surface area contributed by atoms with Crippen molar-refractivity contribution < 1.29 is 46.6 Å². The number of aldehydes is 1. The molecule has 17 nitrogen and oxygen atoms in total. The number of amides is 3. The molecule has 2 atom stereocenters. The van der Waals surface area contributed by atoms with Crippen LogP contribution in [0.25, 0.3) is 11.2 Å². The van der Waals surface area contributed by atoms with Gasteiger partial charge in [-0.15, -0.1) is 10.2 Å².